The van der Waals surface area contributed by atoms with Gasteiger partial charge in [0.05, 0.1) is 6.04 Å². The quantitative estimate of drug-likeness (QED) is 0.774. The number of urea groups is 1. The minimum absolute atomic E-state index is 0.343. The fourth-order valence-corrected chi connectivity index (χ4v) is 4.54. The van der Waals surface area contributed by atoms with Gasteiger partial charge in [-0.05, 0) is 25.7 Å². The number of carbonyl (C=O) groups is 1. The third-order valence-corrected chi connectivity index (χ3v) is 6.02. The predicted octanol–water partition coefficient (Wildman–Crippen LogP) is 2.29. The van der Waals surface area contributed by atoms with Crippen molar-refractivity contribution in [2.75, 3.05) is 26.2 Å². The van der Waals surface area contributed by atoms with Crippen LogP contribution in [0.5, 0.6) is 0 Å². The van der Waals surface area contributed by atoms with E-state index in [-0.39, 0.29) is 0 Å². The van der Waals surface area contributed by atoms with Gasteiger partial charge in [-0.1, -0.05) is 25.7 Å². The molecular formula is C16H27N3O. The van der Waals surface area contributed by atoms with Crippen molar-refractivity contribution in [3.05, 3.63) is 0 Å². The lowest BCUT2D eigenvalue weighted by molar-refractivity contribution is 0.0558. The van der Waals surface area contributed by atoms with Crippen LogP contribution in [0.15, 0.2) is 0 Å². The maximum atomic E-state index is 12.6. The molecule has 20 heavy (non-hydrogen) atoms. The largest absolute Gasteiger partial charge is 0.320 e. The molecule has 4 rings (SSSR count). The van der Waals surface area contributed by atoms with E-state index in [0.29, 0.717) is 18.1 Å². The maximum Gasteiger partial charge on any atom is 0.320 e. The highest BCUT2D eigenvalue weighted by Crippen LogP contribution is 2.32. The number of nitrogens with zero attached hydrogens (tertiary/aromatic N) is 3. The zero-order valence-corrected chi connectivity index (χ0v) is 12.5. The molecule has 112 valence electrons. The molecule has 2 amide bonds. The van der Waals surface area contributed by atoms with E-state index in [1.807, 2.05) is 0 Å². The molecule has 2 aliphatic carbocycles. The van der Waals surface area contributed by atoms with E-state index in [1.54, 1.807) is 0 Å². The van der Waals surface area contributed by atoms with Crippen molar-refractivity contribution in [1.29, 1.82) is 0 Å². The van der Waals surface area contributed by atoms with Crippen molar-refractivity contribution in [3.63, 3.8) is 0 Å². The molecule has 0 N–H and O–H groups in total. The summed E-state index contributed by atoms with van der Waals surface area (Å²) < 4.78 is 0. The Hall–Kier alpha value is -0.770. The zero-order chi connectivity index (χ0) is 13.5. The lowest BCUT2D eigenvalue weighted by Gasteiger charge is -2.44. The summed E-state index contributed by atoms with van der Waals surface area (Å²) in [5.41, 5.74) is 0. The summed E-state index contributed by atoms with van der Waals surface area (Å²) in [5.74, 6) is 0. The van der Waals surface area contributed by atoms with Gasteiger partial charge in [-0.25, -0.2) is 4.79 Å². The SMILES string of the molecule is O=C1N(C2CCCCC2)C[C@H]2CN(C3CCC3)CCN12. The molecule has 2 saturated heterocycles. The monoisotopic (exact) mass is 277 g/mol. The molecule has 4 nitrogen and oxygen atoms in total. The van der Waals surface area contributed by atoms with Gasteiger partial charge in [0, 0.05) is 38.3 Å². The van der Waals surface area contributed by atoms with Crippen molar-refractivity contribution in [2.24, 2.45) is 0 Å². The maximum absolute atomic E-state index is 12.6. The van der Waals surface area contributed by atoms with E-state index in [0.717, 1.165) is 32.2 Å². The van der Waals surface area contributed by atoms with E-state index >= 15 is 0 Å². The van der Waals surface area contributed by atoms with Crippen LogP contribution in [0.2, 0.25) is 0 Å². The molecule has 4 fully saturated rings. The topological polar surface area (TPSA) is 26.8 Å². The molecule has 0 aromatic carbocycles. The minimum atomic E-state index is 0.343. The second kappa shape index (κ2) is 5.21. The fraction of sp³-hybridized carbons (Fsp3) is 0.938. The van der Waals surface area contributed by atoms with Gasteiger partial charge in [-0.2, -0.15) is 0 Å². The van der Waals surface area contributed by atoms with Gasteiger partial charge in [0.2, 0.25) is 0 Å². The van der Waals surface area contributed by atoms with E-state index in [9.17, 15) is 4.79 Å². The predicted molar refractivity (Wildman–Crippen MR) is 78.7 cm³/mol. The summed E-state index contributed by atoms with van der Waals surface area (Å²) in [7, 11) is 0. The summed E-state index contributed by atoms with van der Waals surface area (Å²) in [6.07, 6.45) is 10.6. The summed E-state index contributed by atoms with van der Waals surface area (Å²) in [4.78, 5) is 19.7. The minimum Gasteiger partial charge on any atom is -0.320 e. The Balaban J connectivity index is 1.41. The third kappa shape index (κ3) is 2.12. The fourth-order valence-electron chi connectivity index (χ4n) is 4.54. The Bertz CT molecular complexity index is 376. The lowest BCUT2D eigenvalue weighted by Crippen LogP contribution is -2.56. The van der Waals surface area contributed by atoms with Crippen LogP contribution in [0.3, 0.4) is 0 Å². The number of amides is 2. The van der Waals surface area contributed by atoms with Gasteiger partial charge in [-0.15, -0.1) is 0 Å². The number of hydrogen-bond donors (Lipinski definition) is 0. The molecule has 0 unspecified atom stereocenters. The molecule has 0 bridgehead atoms. The van der Waals surface area contributed by atoms with Crippen LogP contribution in [-0.4, -0.2) is 65.0 Å². The van der Waals surface area contributed by atoms with Gasteiger partial charge < -0.3 is 9.80 Å². The summed E-state index contributed by atoms with van der Waals surface area (Å²) in [6, 6.07) is 2.18. The number of hydrogen-bond acceptors (Lipinski definition) is 2. The standard InChI is InChI=1S/C16H27N3O/c20-16-18-10-9-17(13-7-4-8-13)11-15(18)12-19(16)14-5-2-1-3-6-14/h13-15H,1-12H2/t15-/m1/s1. The number of rotatable bonds is 2. The van der Waals surface area contributed by atoms with Crippen LogP contribution in [0.1, 0.15) is 51.4 Å². The molecule has 0 aromatic heterocycles. The molecule has 1 atom stereocenters. The van der Waals surface area contributed by atoms with E-state index in [2.05, 4.69) is 14.7 Å². The van der Waals surface area contributed by atoms with Crippen LogP contribution in [0.4, 0.5) is 4.79 Å². The molecule has 0 spiro atoms. The van der Waals surface area contributed by atoms with Crippen molar-refractivity contribution >= 4 is 6.03 Å². The highest BCUT2D eigenvalue weighted by molar-refractivity contribution is 5.77. The van der Waals surface area contributed by atoms with Gasteiger partial charge in [-0.3, -0.25) is 4.90 Å². The molecular weight excluding hydrogens is 250 g/mol. The van der Waals surface area contributed by atoms with Gasteiger partial charge in [0.1, 0.15) is 0 Å². The van der Waals surface area contributed by atoms with Gasteiger partial charge in [0.15, 0.2) is 0 Å². The van der Waals surface area contributed by atoms with Gasteiger partial charge in [0.25, 0.3) is 0 Å². The van der Waals surface area contributed by atoms with Crippen LogP contribution in [0, 0.1) is 0 Å². The number of fused-ring (bicyclic) bond motifs is 1. The highest BCUT2D eigenvalue weighted by Gasteiger charge is 2.44. The Kier molecular flexibility index (Phi) is 3.37. The first-order chi connectivity index (χ1) is 9.83. The second-order valence-corrected chi connectivity index (χ2v) is 7.15. The van der Waals surface area contributed by atoms with Crippen LogP contribution >= 0.6 is 0 Å². The lowest BCUT2D eigenvalue weighted by atomic mass is 9.90. The van der Waals surface area contributed by atoms with E-state index in [1.165, 1.54) is 51.4 Å². The zero-order valence-electron chi connectivity index (χ0n) is 12.5. The Morgan fingerprint density at radius 3 is 2.15 bits per heavy atom. The van der Waals surface area contributed by atoms with Crippen molar-refractivity contribution < 1.29 is 4.79 Å². The van der Waals surface area contributed by atoms with Crippen molar-refractivity contribution in [3.8, 4) is 0 Å². The molecule has 0 radical (unpaired) electrons. The van der Waals surface area contributed by atoms with Crippen LogP contribution in [-0.2, 0) is 0 Å². The molecule has 2 saturated carbocycles. The summed E-state index contributed by atoms with van der Waals surface area (Å²) in [6.45, 7) is 4.18. The summed E-state index contributed by atoms with van der Waals surface area (Å²) in [5, 5.41) is 0. The highest BCUT2D eigenvalue weighted by atomic mass is 16.2. The molecule has 2 aliphatic heterocycles. The smallest absolute Gasteiger partial charge is 0.320 e. The van der Waals surface area contributed by atoms with Gasteiger partial charge >= 0.3 is 6.03 Å². The first-order valence-corrected chi connectivity index (χ1v) is 8.64. The van der Waals surface area contributed by atoms with Crippen LogP contribution < -0.4 is 0 Å². The Morgan fingerprint density at radius 1 is 0.700 bits per heavy atom. The molecule has 4 heteroatoms. The van der Waals surface area contributed by atoms with E-state index < -0.39 is 0 Å². The Labute approximate surface area is 122 Å². The number of piperazine rings is 1. The van der Waals surface area contributed by atoms with E-state index in [4.69, 9.17) is 0 Å². The summed E-state index contributed by atoms with van der Waals surface area (Å²) >= 11 is 0. The molecule has 2 heterocycles. The Morgan fingerprint density at radius 2 is 1.45 bits per heavy atom. The normalized spacial score (nSPS) is 33.4. The van der Waals surface area contributed by atoms with Crippen molar-refractivity contribution in [2.45, 2.75) is 69.5 Å². The second-order valence-electron chi connectivity index (χ2n) is 7.15. The average molecular weight is 277 g/mol. The number of carbonyl (C=O) groups excluding carboxylic acids is 1. The first-order valence-electron chi connectivity index (χ1n) is 8.64. The molecule has 0 aromatic rings. The molecule has 4 aliphatic rings. The average Bonchev–Trinajstić information content (AvgIpc) is 2.75. The third-order valence-electron chi connectivity index (χ3n) is 6.02. The van der Waals surface area contributed by atoms with Crippen molar-refractivity contribution in [1.82, 2.24) is 14.7 Å². The van der Waals surface area contributed by atoms with Crippen LogP contribution in [0.25, 0.3) is 0 Å². The first kappa shape index (κ1) is 12.9.